The fourth-order valence-electron chi connectivity index (χ4n) is 1.36. The van der Waals surface area contributed by atoms with E-state index >= 15 is 0 Å². The van der Waals surface area contributed by atoms with Crippen LogP contribution in [-0.2, 0) is 0 Å². The normalized spacial score (nSPS) is 10.5. The summed E-state index contributed by atoms with van der Waals surface area (Å²) in [5.74, 6) is 0.560. The highest BCUT2D eigenvalue weighted by molar-refractivity contribution is 7.98. The number of rotatable bonds is 2. The third-order valence-corrected chi connectivity index (χ3v) is 3.01. The summed E-state index contributed by atoms with van der Waals surface area (Å²) in [6.07, 6.45) is 3.71. The first kappa shape index (κ1) is 10.4. The van der Waals surface area contributed by atoms with Gasteiger partial charge in [-0.15, -0.1) is 11.8 Å². The van der Waals surface area contributed by atoms with Gasteiger partial charge in [0.05, 0.1) is 6.20 Å². The third-order valence-electron chi connectivity index (χ3n) is 2.09. The van der Waals surface area contributed by atoms with Crippen molar-refractivity contribution >= 4 is 29.2 Å². The van der Waals surface area contributed by atoms with Crippen LogP contribution in [-0.4, -0.2) is 16.5 Å². The van der Waals surface area contributed by atoms with E-state index in [1.54, 1.807) is 18.0 Å². The number of benzene rings is 1. The van der Waals surface area contributed by atoms with Crippen LogP contribution in [0, 0.1) is 0 Å². The van der Waals surface area contributed by atoms with Crippen LogP contribution >= 0.6 is 23.4 Å². The van der Waals surface area contributed by atoms with E-state index in [0.717, 1.165) is 16.0 Å². The molecule has 0 aliphatic heterocycles. The second kappa shape index (κ2) is 4.16. The summed E-state index contributed by atoms with van der Waals surface area (Å²) in [5.41, 5.74) is 7.61. The number of nitrogens with one attached hydrogen (secondary N) is 1. The molecule has 0 unspecified atom stereocenters. The average molecular weight is 240 g/mol. The Balaban J connectivity index is 2.53. The van der Waals surface area contributed by atoms with Crippen molar-refractivity contribution in [1.82, 2.24) is 10.2 Å². The SMILES string of the molecule is CSc1cc(Cl)cc(-c2cn[nH]c2N)c1. The zero-order valence-electron chi connectivity index (χ0n) is 8.12. The van der Waals surface area contributed by atoms with Crippen LogP contribution < -0.4 is 5.73 Å². The Bertz CT molecular complexity index is 481. The number of aromatic nitrogens is 2. The lowest BCUT2D eigenvalue weighted by molar-refractivity contribution is 1.10. The molecule has 78 valence electrons. The van der Waals surface area contributed by atoms with E-state index in [1.807, 2.05) is 24.5 Å². The van der Waals surface area contributed by atoms with Crippen molar-refractivity contribution in [1.29, 1.82) is 0 Å². The highest BCUT2D eigenvalue weighted by Gasteiger charge is 2.06. The lowest BCUT2D eigenvalue weighted by atomic mass is 10.1. The molecule has 5 heteroatoms. The molecule has 1 aromatic carbocycles. The Hall–Kier alpha value is -1.13. The Morgan fingerprint density at radius 1 is 1.40 bits per heavy atom. The lowest BCUT2D eigenvalue weighted by Gasteiger charge is -2.03. The van der Waals surface area contributed by atoms with E-state index < -0.39 is 0 Å². The van der Waals surface area contributed by atoms with Crippen molar-refractivity contribution in [3.63, 3.8) is 0 Å². The van der Waals surface area contributed by atoms with Gasteiger partial charge in [0.1, 0.15) is 5.82 Å². The molecule has 1 aromatic heterocycles. The van der Waals surface area contributed by atoms with Crippen LogP contribution in [0.1, 0.15) is 0 Å². The number of hydrogen-bond acceptors (Lipinski definition) is 3. The minimum absolute atomic E-state index is 0.560. The minimum atomic E-state index is 0.560. The molecule has 0 aliphatic carbocycles. The molecule has 0 aliphatic rings. The van der Waals surface area contributed by atoms with Crippen molar-refractivity contribution < 1.29 is 0 Å². The largest absolute Gasteiger partial charge is 0.384 e. The maximum atomic E-state index is 6.01. The van der Waals surface area contributed by atoms with Crippen molar-refractivity contribution in [2.75, 3.05) is 12.0 Å². The molecular weight excluding hydrogens is 230 g/mol. The predicted molar refractivity (Wildman–Crippen MR) is 65.2 cm³/mol. The summed E-state index contributed by atoms with van der Waals surface area (Å²) in [6.45, 7) is 0. The summed E-state index contributed by atoms with van der Waals surface area (Å²) >= 11 is 7.66. The Morgan fingerprint density at radius 3 is 2.80 bits per heavy atom. The topological polar surface area (TPSA) is 54.7 Å². The standard InChI is InChI=1S/C10H10ClN3S/c1-15-8-3-6(2-7(11)4-8)9-5-13-14-10(9)12/h2-5H,1H3,(H3,12,13,14). The molecule has 0 saturated heterocycles. The molecule has 1 heterocycles. The van der Waals surface area contributed by atoms with E-state index in [-0.39, 0.29) is 0 Å². The van der Waals surface area contributed by atoms with Gasteiger partial charge in [-0.3, -0.25) is 5.10 Å². The van der Waals surface area contributed by atoms with E-state index in [2.05, 4.69) is 10.2 Å². The molecule has 0 amide bonds. The van der Waals surface area contributed by atoms with Crippen LogP contribution in [0.3, 0.4) is 0 Å². The summed E-state index contributed by atoms with van der Waals surface area (Å²) in [6, 6.07) is 5.84. The van der Waals surface area contributed by atoms with E-state index in [9.17, 15) is 0 Å². The number of H-pyrrole nitrogens is 1. The minimum Gasteiger partial charge on any atom is -0.384 e. The first-order chi connectivity index (χ1) is 7.20. The first-order valence-electron chi connectivity index (χ1n) is 4.34. The van der Waals surface area contributed by atoms with E-state index in [1.165, 1.54) is 0 Å². The molecule has 0 radical (unpaired) electrons. The second-order valence-electron chi connectivity index (χ2n) is 3.08. The number of halogens is 1. The van der Waals surface area contributed by atoms with Crippen molar-refractivity contribution in [3.8, 4) is 11.1 Å². The number of nitrogens with zero attached hydrogens (tertiary/aromatic N) is 1. The zero-order chi connectivity index (χ0) is 10.8. The predicted octanol–water partition coefficient (Wildman–Crippen LogP) is 3.03. The number of nitrogen functional groups attached to an aromatic ring is 1. The number of nitrogens with two attached hydrogens (primary N) is 1. The van der Waals surface area contributed by atoms with Gasteiger partial charge in [0.25, 0.3) is 0 Å². The van der Waals surface area contributed by atoms with Crippen molar-refractivity contribution in [3.05, 3.63) is 29.4 Å². The van der Waals surface area contributed by atoms with Gasteiger partial charge in [0.2, 0.25) is 0 Å². The highest BCUT2D eigenvalue weighted by Crippen LogP contribution is 2.30. The maximum Gasteiger partial charge on any atom is 0.126 e. The van der Waals surface area contributed by atoms with Gasteiger partial charge >= 0.3 is 0 Å². The summed E-state index contributed by atoms with van der Waals surface area (Å²) in [5, 5.41) is 7.29. The van der Waals surface area contributed by atoms with Gasteiger partial charge in [-0.1, -0.05) is 11.6 Å². The average Bonchev–Trinajstić information content (AvgIpc) is 2.63. The summed E-state index contributed by atoms with van der Waals surface area (Å²) in [7, 11) is 0. The molecular formula is C10H10ClN3S. The Morgan fingerprint density at radius 2 is 2.20 bits per heavy atom. The van der Waals surface area contributed by atoms with Gasteiger partial charge in [0.15, 0.2) is 0 Å². The van der Waals surface area contributed by atoms with Crippen LogP contribution in [0.2, 0.25) is 5.02 Å². The summed E-state index contributed by atoms with van der Waals surface area (Å²) in [4.78, 5) is 1.11. The molecule has 3 nitrogen and oxygen atoms in total. The lowest BCUT2D eigenvalue weighted by Crippen LogP contribution is -1.87. The Labute approximate surface area is 97.0 Å². The number of anilines is 1. The maximum absolute atomic E-state index is 6.01. The highest BCUT2D eigenvalue weighted by atomic mass is 35.5. The Kier molecular flexibility index (Phi) is 2.88. The molecule has 2 rings (SSSR count). The molecule has 3 N–H and O–H groups in total. The monoisotopic (exact) mass is 239 g/mol. The van der Waals surface area contributed by atoms with Crippen LogP contribution in [0.4, 0.5) is 5.82 Å². The molecule has 0 bridgehead atoms. The number of aromatic amines is 1. The third kappa shape index (κ3) is 2.11. The van der Waals surface area contributed by atoms with Crippen LogP contribution in [0.25, 0.3) is 11.1 Å². The zero-order valence-corrected chi connectivity index (χ0v) is 9.69. The fraction of sp³-hybridized carbons (Fsp3) is 0.100. The number of thioether (sulfide) groups is 1. The first-order valence-corrected chi connectivity index (χ1v) is 5.95. The summed E-state index contributed by atoms with van der Waals surface area (Å²) < 4.78 is 0. The van der Waals surface area contributed by atoms with Crippen LogP contribution in [0.15, 0.2) is 29.3 Å². The van der Waals surface area contributed by atoms with E-state index in [0.29, 0.717) is 10.8 Å². The number of hydrogen-bond donors (Lipinski definition) is 2. The van der Waals surface area contributed by atoms with E-state index in [4.69, 9.17) is 17.3 Å². The molecule has 0 saturated carbocycles. The smallest absolute Gasteiger partial charge is 0.126 e. The fourth-order valence-corrected chi connectivity index (χ4v) is 2.15. The van der Waals surface area contributed by atoms with Crippen LogP contribution in [0.5, 0.6) is 0 Å². The van der Waals surface area contributed by atoms with Gasteiger partial charge in [-0.2, -0.15) is 5.10 Å². The molecule has 15 heavy (non-hydrogen) atoms. The van der Waals surface area contributed by atoms with Gasteiger partial charge in [0, 0.05) is 15.5 Å². The van der Waals surface area contributed by atoms with Gasteiger partial charge in [-0.05, 0) is 30.0 Å². The van der Waals surface area contributed by atoms with Crippen molar-refractivity contribution in [2.24, 2.45) is 0 Å². The molecule has 0 spiro atoms. The second-order valence-corrected chi connectivity index (χ2v) is 4.39. The van der Waals surface area contributed by atoms with Crippen molar-refractivity contribution in [2.45, 2.75) is 4.90 Å². The molecule has 0 fully saturated rings. The quantitative estimate of drug-likeness (QED) is 0.792. The van der Waals surface area contributed by atoms with Gasteiger partial charge in [-0.25, -0.2) is 0 Å². The molecule has 2 aromatic rings. The van der Waals surface area contributed by atoms with Gasteiger partial charge < -0.3 is 5.73 Å². The molecule has 0 atom stereocenters.